The molecule has 2 fully saturated rings. The Hall–Kier alpha value is -2.03. The van der Waals surface area contributed by atoms with E-state index in [1.54, 1.807) is 0 Å². The summed E-state index contributed by atoms with van der Waals surface area (Å²) >= 11 is 0. The Balaban J connectivity index is 1.44. The molecule has 0 bridgehead atoms. The molecule has 2 atom stereocenters. The van der Waals surface area contributed by atoms with Crippen molar-refractivity contribution in [3.8, 4) is 0 Å². The molecule has 1 aliphatic carbocycles. The van der Waals surface area contributed by atoms with Gasteiger partial charge in [-0.15, -0.1) is 0 Å². The highest BCUT2D eigenvalue weighted by Crippen LogP contribution is 2.36. The highest BCUT2D eigenvalue weighted by Gasteiger charge is 2.33. The molecule has 5 rings (SSSR count). The van der Waals surface area contributed by atoms with Gasteiger partial charge in [-0.25, -0.2) is 0 Å². The van der Waals surface area contributed by atoms with Gasteiger partial charge in [0.15, 0.2) is 14.7 Å². The Morgan fingerprint density at radius 2 is 1.30 bits per heavy atom. The van der Waals surface area contributed by atoms with Crippen LogP contribution in [0.1, 0.15) is 44.1 Å². The second-order valence-electron chi connectivity index (χ2n) is 8.80. The zero-order valence-corrected chi connectivity index (χ0v) is 18.6. The molecule has 0 N–H and O–H groups in total. The average Bonchev–Trinajstić information content (AvgIpc) is 2.81. The van der Waals surface area contributed by atoms with Crippen molar-refractivity contribution in [1.29, 1.82) is 0 Å². The van der Waals surface area contributed by atoms with E-state index in [-0.39, 0.29) is 10.9 Å². The number of hydrogen-bond acceptors (Lipinski definition) is 1. The van der Waals surface area contributed by atoms with Crippen LogP contribution in [0.15, 0.2) is 99.6 Å². The van der Waals surface area contributed by atoms with E-state index in [1.807, 2.05) is 0 Å². The van der Waals surface area contributed by atoms with Gasteiger partial charge in [0.05, 0.1) is 10.9 Å². The fourth-order valence-electron chi connectivity index (χ4n) is 5.45. The van der Waals surface area contributed by atoms with Crippen LogP contribution in [-0.2, 0) is 17.4 Å². The van der Waals surface area contributed by atoms with Gasteiger partial charge >= 0.3 is 0 Å². The summed E-state index contributed by atoms with van der Waals surface area (Å²) in [7, 11) is -0.0579. The van der Waals surface area contributed by atoms with Crippen LogP contribution in [0.2, 0.25) is 0 Å². The maximum atomic E-state index is 2.80. The van der Waals surface area contributed by atoms with E-state index in [1.165, 1.54) is 65.3 Å². The fraction of sp³-hybridized carbons (Fsp3) is 0.357. The Labute approximate surface area is 184 Å². The van der Waals surface area contributed by atoms with Gasteiger partial charge in [-0.2, -0.15) is 0 Å². The van der Waals surface area contributed by atoms with Crippen molar-refractivity contribution >= 4 is 10.9 Å². The first kappa shape index (κ1) is 19.9. The molecule has 30 heavy (non-hydrogen) atoms. The van der Waals surface area contributed by atoms with Crippen LogP contribution in [0.3, 0.4) is 0 Å². The lowest BCUT2D eigenvalue weighted by Crippen LogP contribution is -2.46. The molecular formula is C28H32NS+. The third kappa shape index (κ3) is 4.36. The van der Waals surface area contributed by atoms with Crippen molar-refractivity contribution < 1.29 is 0 Å². The highest BCUT2D eigenvalue weighted by molar-refractivity contribution is 7.97. The molecule has 3 aromatic carbocycles. The van der Waals surface area contributed by atoms with Crippen molar-refractivity contribution in [2.45, 2.75) is 65.8 Å². The van der Waals surface area contributed by atoms with E-state index in [0.29, 0.717) is 0 Å². The number of piperidine rings is 1. The second-order valence-corrected chi connectivity index (χ2v) is 10.8. The SMILES string of the molecule is c1ccc([S+](c2ccccc2)c2cccc(CN3CCCC4CCCCC43)c2)cc1. The topological polar surface area (TPSA) is 3.24 Å². The maximum Gasteiger partial charge on any atom is 0.166 e. The predicted octanol–water partition coefficient (Wildman–Crippen LogP) is 6.94. The van der Waals surface area contributed by atoms with E-state index < -0.39 is 0 Å². The molecule has 1 nitrogen and oxygen atoms in total. The molecule has 0 spiro atoms. The number of likely N-dealkylation sites (tertiary alicyclic amines) is 1. The largest absolute Gasteiger partial charge is 0.296 e. The van der Waals surface area contributed by atoms with Crippen molar-refractivity contribution in [3.63, 3.8) is 0 Å². The maximum absolute atomic E-state index is 2.80. The number of hydrogen-bond donors (Lipinski definition) is 0. The van der Waals surface area contributed by atoms with Crippen LogP contribution in [0.25, 0.3) is 0 Å². The van der Waals surface area contributed by atoms with Gasteiger partial charge in [0.1, 0.15) is 0 Å². The Morgan fingerprint density at radius 1 is 0.667 bits per heavy atom. The summed E-state index contributed by atoms with van der Waals surface area (Å²) in [5, 5.41) is 0. The van der Waals surface area contributed by atoms with Gasteiger partial charge in [-0.05, 0) is 80.1 Å². The molecule has 0 aromatic heterocycles. The molecule has 2 unspecified atom stereocenters. The minimum atomic E-state index is -0.0579. The van der Waals surface area contributed by atoms with Crippen molar-refractivity contribution in [1.82, 2.24) is 4.90 Å². The van der Waals surface area contributed by atoms with Gasteiger partial charge in [0.2, 0.25) is 0 Å². The fourth-order valence-corrected chi connectivity index (χ4v) is 7.61. The van der Waals surface area contributed by atoms with E-state index in [4.69, 9.17) is 0 Å². The van der Waals surface area contributed by atoms with Crippen molar-refractivity contribution in [2.75, 3.05) is 6.54 Å². The molecular weight excluding hydrogens is 382 g/mol. The Kier molecular flexibility index (Phi) is 6.24. The van der Waals surface area contributed by atoms with Crippen LogP contribution >= 0.6 is 0 Å². The number of fused-ring (bicyclic) bond motifs is 1. The van der Waals surface area contributed by atoms with Gasteiger partial charge in [-0.1, -0.05) is 61.4 Å². The lowest BCUT2D eigenvalue weighted by Gasteiger charge is -2.44. The zero-order chi connectivity index (χ0) is 20.2. The molecule has 1 saturated heterocycles. The monoisotopic (exact) mass is 414 g/mol. The minimum Gasteiger partial charge on any atom is -0.296 e. The highest BCUT2D eigenvalue weighted by atomic mass is 32.2. The summed E-state index contributed by atoms with van der Waals surface area (Å²) in [6, 6.07) is 32.2. The lowest BCUT2D eigenvalue weighted by atomic mass is 9.78. The van der Waals surface area contributed by atoms with E-state index in [0.717, 1.165) is 18.5 Å². The molecule has 1 heterocycles. The number of benzene rings is 3. The standard InChI is InChI=1S/C28H32NS/c1-3-14-25(15-4-1)30(26-16-5-2-6-17-26)27-18-9-11-23(21-27)22-29-20-10-13-24-12-7-8-19-28(24)29/h1-6,9,11,14-18,21,24,28H,7-8,10,12-13,19-20,22H2/q+1. The smallest absolute Gasteiger partial charge is 0.166 e. The molecule has 0 amide bonds. The van der Waals surface area contributed by atoms with Crippen molar-refractivity contribution in [2.24, 2.45) is 5.92 Å². The molecule has 154 valence electrons. The summed E-state index contributed by atoms with van der Waals surface area (Å²) < 4.78 is 0. The zero-order valence-electron chi connectivity index (χ0n) is 17.7. The van der Waals surface area contributed by atoms with Crippen LogP contribution in [-0.4, -0.2) is 17.5 Å². The lowest BCUT2D eigenvalue weighted by molar-refractivity contribution is 0.0546. The molecule has 0 radical (unpaired) electrons. The molecule has 1 saturated carbocycles. The van der Waals surface area contributed by atoms with Crippen molar-refractivity contribution in [3.05, 3.63) is 90.5 Å². The van der Waals surface area contributed by atoms with Gasteiger partial charge in [-0.3, -0.25) is 4.90 Å². The first-order valence-corrected chi connectivity index (χ1v) is 12.8. The normalized spacial score (nSPS) is 22.0. The molecule has 2 heteroatoms. The molecule has 1 aliphatic heterocycles. The van der Waals surface area contributed by atoms with Crippen LogP contribution in [0.5, 0.6) is 0 Å². The van der Waals surface area contributed by atoms with Gasteiger partial charge in [0.25, 0.3) is 0 Å². The Bertz CT molecular complexity index is 898. The third-order valence-electron chi connectivity index (χ3n) is 6.84. The van der Waals surface area contributed by atoms with E-state index >= 15 is 0 Å². The predicted molar refractivity (Wildman–Crippen MR) is 127 cm³/mol. The summed E-state index contributed by atoms with van der Waals surface area (Å²) in [6.45, 7) is 2.38. The average molecular weight is 415 g/mol. The summed E-state index contributed by atoms with van der Waals surface area (Å²) in [5.41, 5.74) is 1.48. The van der Waals surface area contributed by atoms with Gasteiger partial charge in [0, 0.05) is 12.6 Å². The van der Waals surface area contributed by atoms with E-state index in [2.05, 4.69) is 89.8 Å². The first-order valence-electron chi connectivity index (χ1n) is 11.6. The number of rotatable bonds is 5. The molecule has 3 aromatic rings. The molecule has 2 aliphatic rings. The summed E-state index contributed by atoms with van der Waals surface area (Å²) in [6.07, 6.45) is 8.55. The first-order chi connectivity index (χ1) is 14.9. The van der Waals surface area contributed by atoms with Crippen LogP contribution in [0, 0.1) is 5.92 Å². The minimum absolute atomic E-state index is 0.0579. The quantitative estimate of drug-likeness (QED) is 0.409. The Morgan fingerprint density at radius 3 is 2.03 bits per heavy atom. The van der Waals surface area contributed by atoms with Crippen LogP contribution < -0.4 is 0 Å². The van der Waals surface area contributed by atoms with Gasteiger partial charge < -0.3 is 0 Å². The third-order valence-corrected chi connectivity index (χ3v) is 9.05. The summed E-state index contributed by atoms with van der Waals surface area (Å²) in [5.74, 6) is 0.943. The van der Waals surface area contributed by atoms with Crippen LogP contribution in [0.4, 0.5) is 0 Å². The second kappa shape index (κ2) is 9.41. The van der Waals surface area contributed by atoms with E-state index in [9.17, 15) is 0 Å². The number of nitrogens with zero attached hydrogens (tertiary/aromatic N) is 1. The summed E-state index contributed by atoms with van der Waals surface area (Å²) in [4.78, 5) is 7.02.